The standard InChI is InChI=1S/C11H10Br2O2/c12-7-11(6-5-10(14)15-11)8-1-3-9(13)4-2-8/h1-4H,5-7H2. The van der Waals surface area contributed by atoms with E-state index >= 15 is 0 Å². The van der Waals surface area contributed by atoms with Crippen molar-refractivity contribution in [2.45, 2.75) is 18.4 Å². The molecular formula is C11H10Br2O2. The number of ether oxygens (including phenoxy) is 1. The van der Waals surface area contributed by atoms with Gasteiger partial charge in [0.15, 0.2) is 0 Å². The highest BCUT2D eigenvalue weighted by atomic mass is 79.9. The first-order chi connectivity index (χ1) is 7.16. The molecule has 1 aliphatic rings. The molecule has 0 N–H and O–H groups in total. The fourth-order valence-corrected chi connectivity index (χ4v) is 2.73. The van der Waals surface area contributed by atoms with Crippen LogP contribution in [0.1, 0.15) is 18.4 Å². The summed E-state index contributed by atoms with van der Waals surface area (Å²) in [4.78, 5) is 11.2. The molecule has 4 heteroatoms. The maximum absolute atomic E-state index is 11.2. The third-order valence-electron chi connectivity index (χ3n) is 2.63. The Balaban J connectivity index is 2.34. The number of alkyl halides is 1. The minimum absolute atomic E-state index is 0.114. The third-order valence-corrected chi connectivity index (χ3v) is 4.06. The molecule has 0 radical (unpaired) electrons. The molecule has 0 spiro atoms. The molecule has 15 heavy (non-hydrogen) atoms. The first kappa shape index (κ1) is 11.1. The van der Waals surface area contributed by atoms with E-state index in [1.165, 1.54) is 0 Å². The molecule has 1 heterocycles. The van der Waals surface area contributed by atoms with Crippen molar-refractivity contribution in [3.05, 3.63) is 34.3 Å². The maximum atomic E-state index is 11.2. The molecule has 2 rings (SSSR count). The molecule has 1 saturated heterocycles. The topological polar surface area (TPSA) is 26.3 Å². The summed E-state index contributed by atoms with van der Waals surface area (Å²) in [5.41, 5.74) is 0.589. The van der Waals surface area contributed by atoms with Gasteiger partial charge in [-0.15, -0.1) is 0 Å². The molecule has 80 valence electrons. The minimum Gasteiger partial charge on any atom is -0.453 e. The molecule has 2 nitrogen and oxygen atoms in total. The fourth-order valence-electron chi connectivity index (χ4n) is 1.75. The number of hydrogen-bond donors (Lipinski definition) is 0. The molecule has 0 aromatic heterocycles. The SMILES string of the molecule is O=C1CCC(CBr)(c2ccc(Br)cc2)O1. The van der Waals surface area contributed by atoms with E-state index in [9.17, 15) is 4.79 Å². The van der Waals surface area contributed by atoms with Crippen LogP contribution in [0, 0.1) is 0 Å². The van der Waals surface area contributed by atoms with Crippen LogP contribution >= 0.6 is 31.9 Å². The van der Waals surface area contributed by atoms with E-state index in [0.717, 1.165) is 16.5 Å². The van der Waals surface area contributed by atoms with Crippen molar-refractivity contribution in [1.29, 1.82) is 0 Å². The lowest BCUT2D eigenvalue weighted by Gasteiger charge is -2.25. The fraction of sp³-hybridized carbons (Fsp3) is 0.364. The molecular weight excluding hydrogens is 324 g/mol. The first-order valence-corrected chi connectivity index (χ1v) is 6.62. The third kappa shape index (κ3) is 2.11. The zero-order valence-corrected chi connectivity index (χ0v) is 11.2. The Hall–Kier alpha value is -0.350. The van der Waals surface area contributed by atoms with Crippen LogP contribution in [0.25, 0.3) is 0 Å². The Morgan fingerprint density at radius 1 is 1.33 bits per heavy atom. The minimum atomic E-state index is -0.461. The van der Waals surface area contributed by atoms with Crippen LogP contribution in [0.4, 0.5) is 0 Å². The van der Waals surface area contributed by atoms with Gasteiger partial charge in [0.05, 0.1) is 0 Å². The average molecular weight is 334 g/mol. The Morgan fingerprint density at radius 2 is 2.00 bits per heavy atom. The lowest BCUT2D eigenvalue weighted by atomic mass is 9.93. The number of rotatable bonds is 2. The summed E-state index contributed by atoms with van der Waals surface area (Å²) in [6.07, 6.45) is 1.25. The van der Waals surface area contributed by atoms with Gasteiger partial charge in [0.2, 0.25) is 0 Å². The van der Waals surface area contributed by atoms with Crippen LogP contribution in [0.15, 0.2) is 28.7 Å². The van der Waals surface area contributed by atoms with Crippen LogP contribution in [-0.2, 0) is 15.1 Å². The molecule has 0 bridgehead atoms. The van der Waals surface area contributed by atoms with Crippen molar-refractivity contribution in [3.63, 3.8) is 0 Å². The summed E-state index contributed by atoms with van der Waals surface area (Å²) in [6, 6.07) is 7.91. The molecule has 0 saturated carbocycles. The molecule has 1 unspecified atom stereocenters. The van der Waals surface area contributed by atoms with Gasteiger partial charge in [-0.05, 0) is 17.7 Å². The van der Waals surface area contributed by atoms with Crippen LogP contribution in [0.2, 0.25) is 0 Å². The van der Waals surface area contributed by atoms with Gasteiger partial charge in [0.1, 0.15) is 5.60 Å². The number of benzene rings is 1. The molecule has 1 atom stereocenters. The predicted octanol–water partition coefficient (Wildman–Crippen LogP) is 3.38. The van der Waals surface area contributed by atoms with Crippen LogP contribution in [0.3, 0.4) is 0 Å². The monoisotopic (exact) mass is 332 g/mol. The summed E-state index contributed by atoms with van der Waals surface area (Å²) in [7, 11) is 0. The van der Waals surface area contributed by atoms with Gasteiger partial charge >= 0.3 is 5.97 Å². The van der Waals surface area contributed by atoms with E-state index in [-0.39, 0.29) is 5.97 Å². The van der Waals surface area contributed by atoms with Crippen molar-refractivity contribution in [1.82, 2.24) is 0 Å². The van der Waals surface area contributed by atoms with Gasteiger partial charge in [-0.3, -0.25) is 4.79 Å². The van der Waals surface area contributed by atoms with E-state index in [2.05, 4.69) is 31.9 Å². The Bertz CT molecular complexity index is 375. The van der Waals surface area contributed by atoms with Crippen molar-refractivity contribution >= 4 is 37.8 Å². The molecule has 0 aliphatic carbocycles. The maximum Gasteiger partial charge on any atom is 0.306 e. The highest BCUT2D eigenvalue weighted by molar-refractivity contribution is 9.10. The van der Waals surface area contributed by atoms with Crippen LogP contribution < -0.4 is 0 Å². The summed E-state index contributed by atoms with van der Waals surface area (Å²) < 4.78 is 6.45. The molecule has 1 fully saturated rings. The number of halogens is 2. The normalized spacial score (nSPS) is 25.3. The van der Waals surface area contributed by atoms with Gasteiger partial charge in [-0.2, -0.15) is 0 Å². The van der Waals surface area contributed by atoms with Gasteiger partial charge in [-0.1, -0.05) is 44.0 Å². The van der Waals surface area contributed by atoms with Gasteiger partial charge < -0.3 is 4.74 Å². The van der Waals surface area contributed by atoms with Crippen molar-refractivity contribution < 1.29 is 9.53 Å². The summed E-state index contributed by atoms with van der Waals surface area (Å²) in [6.45, 7) is 0. The number of hydrogen-bond acceptors (Lipinski definition) is 2. The Kier molecular flexibility index (Phi) is 3.16. The zero-order valence-electron chi connectivity index (χ0n) is 8.00. The highest BCUT2D eigenvalue weighted by Crippen LogP contribution is 2.38. The van der Waals surface area contributed by atoms with Crippen molar-refractivity contribution in [2.75, 3.05) is 5.33 Å². The summed E-state index contributed by atoms with van der Waals surface area (Å²) in [5, 5.41) is 0.646. The number of cyclic esters (lactones) is 1. The van der Waals surface area contributed by atoms with E-state index in [0.29, 0.717) is 11.8 Å². The van der Waals surface area contributed by atoms with Crippen molar-refractivity contribution in [2.24, 2.45) is 0 Å². The molecule has 1 aliphatic heterocycles. The molecule has 1 aromatic rings. The zero-order chi connectivity index (χ0) is 10.9. The highest BCUT2D eigenvalue weighted by Gasteiger charge is 2.40. The van der Waals surface area contributed by atoms with Crippen LogP contribution in [0.5, 0.6) is 0 Å². The van der Waals surface area contributed by atoms with Gasteiger partial charge in [0.25, 0.3) is 0 Å². The summed E-state index contributed by atoms with van der Waals surface area (Å²) in [5.74, 6) is -0.114. The van der Waals surface area contributed by atoms with E-state index in [1.54, 1.807) is 0 Å². The second-order valence-corrected chi connectivity index (χ2v) is 5.09. The molecule has 0 amide bonds. The smallest absolute Gasteiger partial charge is 0.306 e. The van der Waals surface area contributed by atoms with Crippen LogP contribution in [-0.4, -0.2) is 11.3 Å². The molecule has 1 aromatic carbocycles. The lowest BCUT2D eigenvalue weighted by molar-refractivity contribution is -0.147. The second kappa shape index (κ2) is 4.26. The first-order valence-electron chi connectivity index (χ1n) is 4.70. The van der Waals surface area contributed by atoms with Gasteiger partial charge in [0, 0.05) is 22.6 Å². The predicted molar refractivity (Wildman–Crippen MR) is 64.9 cm³/mol. The average Bonchev–Trinajstić information content (AvgIpc) is 2.62. The largest absolute Gasteiger partial charge is 0.453 e. The van der Waals surface area contributed by atoms with E-state index < -0.39 is 5.60 Å². The Labute approximate surface area is 105 Å². The number of esters is 1. The van der Waals surface area contributed by atoms with E-state index in [4.69, 9.17) is 4.74 Å². The number of carbonyl (C=O) groups is 1. The number of carbonyl (C=O) groups excluding carboxylic acids is 1. The van der Waals surface area contributed by atoms with Crippen molar-refractivity contribution in [3.8, 4) is 0 Å². The van der Waals surface area contributed by atoms with Gasteiger partial charge in [-0.25, -0.2) is 0 Å². The lowest BCUT2D eigenvalue weighted by Crippen LogP contribution is -2.27. The van der Waals surface area contributed by atoms with E-state index in [1.807, 2.05) is 24.3 Å². The Morgan fingerprint density at radius 3 is 2.47 bits per heavy atom. The quantitative estimate of drug-likeness (QED) is 0.612. The second-order valence-electron chi connectivity index (χ2n) is 3.61. The summed E-state index contributed by atoms with van der Waals surface area (Å²) >= 11 is 6.81.